The number of halogens is 2. The molecule has 1 fully saturated rings. The predicted molar refractivity (Wildman–Crippen MR) is 127 cm³/mol. The zero-order chi connectivity index (χ0) is 25.5. The average molecular weight is 490 g/mol. The largest absolute Gasteiger partial charge is 0.391 e. The third kappa shape index (κ3) is 5.08. The molecule has 35 heavy (non-hydrogen) atoms. The molecule has 8 nitrogen and oxygen atoms in total. The van der Waals surface area contributed by atoms with Crippen molar-refractivity contribution >= 4 is 11.9 Å². The van der Waals surface area contributed by atoms with Gasteiger partial charge in [0, 0.05) is 43.7 Å². The third-order valence-corrected chi connectivity index (χ3v) is 6.82. The highest BCUT2D eigenvalue weighted by Gasteiger charge is 2.39. The fourth-order valence-electron chi connectivity index (χ4n) is 4.75. The van der Waals surface area contributed by atoms with Crippen LogP contribution in [0.3, 0.4) is 0 Å². The Hall–Kier alpha value is -2.85. The van der Waals surface area contributed by atoms with E-state index in [1.807, 2.05) is 27.7 Å². The highest BCUT2D eigenvalue weighted by molar-refractivity contribution is 5.89. The Bertz CT molecular complexity index is 1130. The number of nitrogens with one attached hydrogen (secondary N) is 1. The first kappa shape index (κ1) is 25.2. The summed E-state index contributed by atoms with van der Waals surface area (Å²) in [6, 6.07) is 2.21. The highest BCUT2D eigenvalue weighted by Crippen LogP contribution is 2.31. The Labute approximate surface area is 203 Å². The van der Waals surface area contributed by atoms with Gasteiger partial charge in [0.1, 0.15) is 6.04 Å². The highest BCUT2D eigenvalue weighted by atomic mass is 19.2. The smallest absolute Gasteiger partial charge is 0.343 e. The lowest BCUT2D eigenvalue weighted by atomic mass is 9.86. The van der Waals surface area contributed by atoms with Gasteiger partial charge in [-0.2, -0.15) is 9.78 Å². The molecule has 0 bridgehead atoms. The Kier molecular flexibility index (Phi) is 6.97. The molecule has 3 heterocycles. The lowest BCUT2D eigenvalue weighted by molar-refractivity contribution is -0.135. The van der Waals surface area contributed by atoms with Crippen molar-refractivity contribution in [3.63, 3.8) is 0 Å². The summed E-state index contributed by atoms with van der Waals surface area (Å²) >= 11 is 0. The van der Waals surface area contributed by atoms with E-state index in [0.717, 1.165) is 30.8 Å². The SMILES string of the molecule is CCN1CCc2c(c(-c3ccc(F)c(F)c3)nn2C(=O)N[C@H](C(=O)N2CC[C@H](O)C2)C(C)(C)C)C1. The molecule has 2 N–H and O–H groups in total. The van der Waals surface area contributed by atoms with Crippen LogP contribution in [0.2, 0.25) is 0 Å². The van der Waals surface area contributed by atoms with E-state index in [2.05, 4.69) is 15.3 Å². The lowest BCUT2D eigenvalue weighted by Crippen LogP contribution is -2.55. The first-order valence-electron chi connectivity index (χ1n) is 12.1. The number of hydrogen-bond donors (Lipinski definition) is 2. The van der Waals surface area contributed by atoms with Gasteiger partial charge in [0.25, 0.3) is 0 Å². The number of β-amino-alcohol motifs (C(OH)–C–C–N with tert-alkyl or cyclic N) is 1. The lowest BCUT2D eigenvalue weighted by Gasteiger charge is -2.33. The third-order valence-electron chi connectivity index (χ3n) is 6.82. The number of amides is 2. The van der Waals surface area contributed by atoms with Crippen LogP contribution in [-0.2, 0) is 17.8 Å². The fourth-order valence-corrected chi connectivity index (χ4v) is 4.75. The second-order valence-corrected chi connectivity index (χ2v) is 10.4. The molecule has 10 heteroatoms. The molecule has 0 spiro atoms. The molecule has 0 saturated carbocycles. The van der Waals surface area contributed by atoms with Gasteiger partial charge in [-0.15, -0.1) is 0 Å². The molecule has 1 aromatic heterocycles. The normalized spacial score (nSPS) is 19.5. The number of nitrogens with zero attached hydrogens (tertiary/aromatic N) is 4. The van der Waals surface area contributed by atoms with Gasteiger partial charge in [0.05, 0.1) is 17.5 Å². The van der Waals surface area contributed by atoms with Crippen molar-refractivity contribution in [3.8, 4) is 11.3 Å². The van der Waals surface area contributed by atoms with Crippen LogP contribution in [0.1, 0.15) is 45.4 Å². The number of aromatic nitrogens is 2. The summed E-state index contributed by atoms with van der Waals surface area (Å²) in [5.41, 5.74) is 1.71. The van der Waals surface area contributed by atoms with Gasteiger partial charge in [-0.3, -0.25) is 9.69 Å². The van der Waals surface area contributed by atoms with Crippen LogP contribution in [0.4, 0.5) is 13.6 Å². The van der Waals surface area contributed by atoms with Gasteiger partial charge < -0.3 is 15.3 Å². The van der Waals surface area contributed by atoms with Gasteiger partial charge in [0.15, 0.2) is 11.6 Å². The number of fused-ring (bicyclic) bond motifs is 1. The Balaban J connectivity index is 1.69. The van der Waals surface area contributed by atoms with E-state index in [-0.39, 0.29) is 12.5 Å². The summed E-state index contributed by atoms with van der Waals surface area (Å²) in [5, 5.41) is 17.3. The molecule has 2 aliphatic heterocycles. The summed E-state index contributed by atoms with van der Waals surface area (Å²) in [6.07, 6.45) is 0.502. The van der Waals surface area contributed by atoms with Crippen LogP contribution in [0.5, 0.6) is 0 Å². The second kappa shape index (κ2) is 9.66. The molecule has 1 saturated heterocycles. The van der Waals surface area contributed by atoms with Crippen LogP contribution in [0.25, 0.3) is 11.3 Å². The van der Waals surface area contributed by atoms with Crippen molar-refractivity contribution < 1.29 is 23.5 Å². The molecular weight excluding hydrogens is 456 g/mol. The second-order valence-electron chi connectivity index (χ2n) is 10.4. The number of hydrogen-bond acceptors (Lipinski definition) is 5. The summed E-state index contributed by atoms with van der Waals surface area (Å²) < 4.78 is 28.8. The first-order valence-corrected chi connectivity index (χ1v) is 12.1. The molecule has 2 aliphatic rings. The predicted octanol–water partition coefficient (Wildman–Crippen LogP) is 2.77. The van der Waals surface area contributed by atoms with Crippen molar-refractivity contribution in [1.29, 1.82) is 0 Å². The maximum Gasteiger partial charge on any atom is 0.343 e. The fraction of sp³-hybridized carbons (Fsp3) is 0.560. The molecule has 2 atom stereocenters. The maximum absolute atomic E-state index is 14.0. The van der Waals surface area contributed by atoms with Crippen LogP contribution in [0.15, 0.2) is 18.2 Å². The summed E-state index contributed by atoms with van der Waals surface area (Å²) in [6.45, 7) is 10.4. The molecule has 4 rings (SSSR count). The van der Waals surface area contributed by atoms with E-state index in [0.29, 0.717) is 42.9 Å². The number of benzene rings is 1. The van der Waals surface area contributed by atoms with Crippen LogP contribution in [0, 0.1) is 17.0 Å². The zero-order valence-corrected chi connectivity index (χ0v) is 20.6. The molecule has 1 aromatic carbocycles. The van der Waals surface area contributed by atoms with Gasteiger partial charge >= 0.3 is 6.03 Å². The van der Waals surface area contributed by atoms with Crippen molar-refractivity contribution in [1.82, 2.24) is 24.9 Å². The number of likely N-dealkylation sites (N-methyl/N-ethyl adjacent to an activating group) is 1. The van der Waals surface area contributed by atoms with Gasteiger partial charge in [0.2, 0.25) is 5.91 Å². The number of rotatable bonds is 4. The van der Waals surface area contributed by atoms with Gasteiger partial charge in [-0.1, -0.05) is 27.7 Å². The van der Waals surface area contributed by atoms with E-state index >= 15 is 0 Å². The number of aliphatic hydroxyl groups is 1. The molecule has 0 aliphatic carbocycles. The quantitative estimate of drug-likeness (QED) is 0.689. The molecule has 0 unspecified atom stereocenters. The van der Waals surface area contributed by atoms with E-state index in [1.165, 1.54) is 10.7 Å². The molecule has 190 valence electrons. The Morgan fingerprint density at radius 1 is 1.23 bits per heavy atom. The Morgan fingerprint density at radius 3 is 2.57 bits per heavy atom. The maximum atomic E-state index is 14.0. The minimum Gasteiger partial charge on any atom is -0.391 e. The zero-order valence-electron chi connectivity index (χ0n) is 20.6. The number of aliphatic hydroxyl groups excluding tert-OH is 1. The minimum atomic E-state index is -0.982. The first-order chi connectivity index (χ1) is 16.5. The van der Waals surface area contributed by atoms with Crippen molar-refractivity contribution in [2.45, 2.75) is 59.2 Å². The monoisotopic (exact) mass is 489 g/mol. The molecule has 2 aromatic rings. The molecule has 2 amide bonds. The molecular formula is C25H33F2N5O3. The van der Waals surface area contributed by atoms with E-state index in [4.69, 9.17) is 0 Å². The Morgan fingerprint density at radius 2 is 1.97 bits per heavy atom. The van der Waals surface area contributed by atoms with Gasteiger partial charge in [-0.05, 0) is 36.6 Å². The van der Waals surface area contributed by atoms with Crippen molar-refractivity contribution in [2.24, 2.45) is 5.41 Å². The van der Waals surface area contributed by atoms with Crippen LogP contribution < -0.4 is 5.32 Å². The number of carbonyl (C=O) groups excluding carboxylic acids is 2. The van der Waals surface area contributed by atoms with Crippen LogP contribution >= 0.6 is 0 Å². The summed E-state index contributed by atoms with van der Waals surface area (Å²) in [7, 11) is 0. The van der Waals surface area contributed by atoms with Crippen molar-refractivity contribution in [2.75, 3.05) is 26.2 Å². The average Bonchev–Trinajstić information content (AvgIpc) is 3.41. The topological polar surface area (TPSA) is 90.7 Å². The van der Waals surface area contributed by atoms with Crippen LogP contribution in [-0.4, -0.2) is 74.9 Å². The standard InChI is InChI=1S/C25H33F2N5O3/c1-5-30-10-9-20-17(14-30)21(15-6-7-18(26)19(27)12-15)29-32(20)24(35)28-22(25(2,3)4)23(34)31-11-8-16(33)13-31/h6-7,12,16,22,33H,5,8-11,13-14H2,1-4H3,(H,28,35)/t16-,22+/m0/s1. The van der Waals surface area contributed by atoms with Crippen molar-refractivity contribution in [3.05, 3.63) is 41.1 Å². The summed E-state index contributed by atoms with van der Waals surface area (Å²) in [4.78, 5) is 30.5. The van der Waals surface area contributed by atoms with Gasteiger partial charge in [-0.25, -0.2) is 13.6 Å². The number of likely N-dealkylation sites (tertiary alicyclic amines) is 1. The number of carbonyl (C=O) groups is 2. The molecule has 0 radical (unpaired) electrons. The van der Waals surface area contributed by atoms with E-state index in [9.17, 15) is 23.5 Å². The van der Waals surface area contributed by atoms with E-state index < -0.39 is 35.2 Å². The minimum absolute atomic E-state index is 0.242. The van der Waals surface area contributed by atoms with E-state index in [1.54, 1.807) is 4.90 Å². The summed E-state index contributed by atoms with van der Waals surface area (Å²) in [5.74, 6) is -2.18.